The molecule has 2 aromatic carbocycles. The summed E-state index contributed by atoms with van der Waals surface area (Å²) in [6, 6.07) is 14.5. The maximum absolute atomic E-state index is 5.82. The monoisotopic (exact) mass is 339 g/mol. The fourth-order valence-electron chi connectivity index (χ4n) is 3.76. The van der Waals surface area contributed by atoms with Gasteiger partial charge < -0.3 is 9.47 Å². The quantitative estimate of drug-likeness (QED) is 0.775. The number of ether oxygens (including phenoxy) is 2. The number of aryl methyl sites for hydroxylation is 1. The van der Waals surface area contributed by atoms with Crippen LogP contribution in [-0.2, 0) is 21.5 Å². The molecule has 2 unspecified atom stereocenters. The van der Waals surface area contributed by atoms with Crippen LogP contribution in [0.5, 0.6) is 5.75 Å². The highest BCUT2D eigenvalue weighted by Crippen LogP contribution is 2.45. The van der Waals surface area contributed by atoms with E-state index in [4.69, 9.17) is 14.3 Å². The number of hydroxylamine groups is 2. The normalized spacial score (nSPS) is 23.1. The van der Waals surface area contributed by atoms with E-state index < -0.39 is 5.54 Å². The SMILES string of the molecule is C=CC1(c2cccc(C)c2)c2cc(OC)ccc2CC(OC)N1OC. The maximum Gasteiger partial charge on any atom is 0.138 e. The van der Waals surface area contributed by atoms with E-state index >= 15 is 0 Å². The van der Waals surface area contributed by atoms with E-state index in [9.17, 15) is 0 Å². The van der Waals surface area contributed by atoms with Crippen LogP contribution < -0.4 is 4.74 Å². The van der Waals surface area contributed by atoms with Gasteiger partial charge in [0.2, 0.25) is 0 Å². The molecule has 0 spiro atoms. The van der Waals surface area contributed by atoms with Gasteiger partial charge in [-0.3, -0.25) is 4.84 Å². The standard InChI is InChI=1S/C21H25NO3/c1-6-21(17-9-7-8-15(2)12-17)19-14-18(23-3)11-10-16(19)13-20(24-4)22(21)25-5/h6-12,14,20H,1,13H2,2-5H3. The van der Waals surface area contributed by atoms with Crippen LogP contribution in [0.25, 0.3) is 0 Å². The molecule has 4 heteroatoms. The number of benzene rings is 2. The molecule has 0 N–H and O–H groups in total. The Balaban J connectivity index is 2.33. The van der Waals surface area contributed by atoms with Gasteiger partial charge in [-0.25, -0.2) is 0 Å². The van der Waals surface area contributed by atoms with Crippen LogP contribution in [0.3, 0.4) is 0 Å². The van der Waals surface area contributed by atoms with Crippen molar-refractivity contribution in [1.82, 2.24) is 5.06 Å². The average molecular weight is 339 g/mol. The molecule has 2 atom stereocenters. The molecule has 1 aliphatic heterocycles. The van der Waals surface area contributed by atoms with Crippen molar-refractivity contribution in [1.29, 1.82) is 0 Å². The summed E-state index contributed by atoms with van der Waals surface area (Å²) < 4.78 is 11.2. The minimum Gasteiger partial charge on any atom is -0.497 e. The Morgan fingerprint density at radius 2 is 1.96 bits per heavy atom. The minimum absolute atomic E-state index is 0.218. The van der Waals surface area contributed by atoms with Crippen molar-refractivity contribution < 1.29 is 14.3 Å². The van der Waals surface area contributed by atoms with Gasteiger partial charge in [0.05, 0.1) is 14.2 Å². The molecule has 0 saturated heterocycles. The third-order valence-corrected chi connectivity index (χ3v) is 4.95. The summed E-state index contributed by atoms with van der Waals surface area (Å²) in [5.74, 6) is 0.810. The maximum atomic E-state index is 5.82. The largest absolute Gasteiger partial charge is 0.497 e. The molecule has 132 valence electrons. The second kappa shape index (κ2) is 7.00. The Bertz CT molecular complexity index is 773. The van der Waals surface area contributed by atoms with Crippen LogP contribution in [0.1, 0.15) is 22.3 Å². The van der Waals surface area contributed by atoms with Crippen LogP contribution in [0, 0.1) is 6.92 Å². The van der Waals surface area contributed by atoms with Gasteiger partial charge in [0, 0.05) is 13.5 Å². The molecule has 4 nitrogen and oxygen atoms in total. The molecule has 0 amide bonds. The highest BCUT2D eigenvalue weighted by Gasteiger charge is 2.47. The summed E-state index contributed by atoms with van der Waals surface area (Å²) in [6.07, 6.45) is 2.43. The molecular formula is C21H25NO3. The minimum atomic E-state index is -0.663. The third-order valence-electron chi connectivity index (χ3n) is 4.95. The van der Waals surface area contributed by atoms with E-state index in [0.29, 0.717) is 0 Å². The van der Waals surface area contributed by atoms with Crippen molar-refractivity contribution in [2.24, 2.45) is 0 Å². The fourth-order valence-corrected chi connectivity index (χ4v) is 3.76. The predicted molar refractivity (Wildman–Crippen MR) is 98.5 cm³/mol. The second-order valence-corrected chi connectivity index (χ2v) is 6.27. The first-order valence-corrected chi connectivity index (χ1v) is 8.35. The average Bonchev–Trinajstić information content (AvgIpc) is 2.65. The van der Waals surface area contributed by atoms with Gasteiger partial charge in [-0.15, -0.1) is 11.6 Å². The summed E-state index contributed by atoms with van der Waals surface area (Å²) in [7, 11) is 5.05. The smallest absolute Gasteiger partial charge is 0.138 e. The summed E-state index contributed by atoms with van der Waals surface area (Å²) in [5, 5.41) is 1.89. The molecule has 1 heterocycles. The van der Waals surface area contributed by atoms with Crippen LogP contribution in [0.15, 0.2) is 55.1 Å². The van der Waals surface area contributed by atoms with Gasteiger partial charge in [0.15, 0.2) is 0 Å². The predicted octanol–water partition coefficient (Wildman–Crippen LogP) is 3.83. The Labute approximate surface area is 149 Å². The van der Waals surface area contributed by atoms with E-state index in [0.717, 1.165) is 23.3 Å². The molecule has 1 aliphatic rings. The zero-order valence-corrected chi connectivity index (χ0v) is 15.3. The van der Waals surface area contributed by atoms with Gasteiger partial charge in [-0.2, -0.15) is 0 Å². The van der Waals surface area contributed by atoms with Crippen molar-refractivity contribution in [2.45, 2.75) is 25.1 Å². The number of hydrogen-bond donors (Lipinski definition) is 0. The number of fused-ring (bicyclic) bond motifs is 1. The lowest BCUT2D eigenvalue weighted by atomic mass is 9.76. The summed E-state index contributed by atoms with van der Waals surface area (Å²) in [5.41, 5.74) is 3.90. The zero-order valence-electron chi connectivity index (χ0n) is 15.3. The molecule has 0 aliphatic carbocycles. The lowest BCUT2D eigenvalue weighted by Gasteiger charge is -2.48. The van der Waals surface area contributed by atoms with E-state index in [1.807, 2.05) is 17.2 Å². The first kappa shape index (κ1) is 17.7. The number of methoxy groups -OCH3 is 2. The van der Waals surface area contributed by atoms with Crippen molar-refractivity contribution in [2.75, 3.05) is 21.3 Å². The van der Waals surface area contributed by atoms with Crippen LogP contribution in [0.2, 0.25) is 0 Å². The molecule has 0 saturated carbocycles. The molecule has 0 fully saturated rings. The number of rotatable bonds is 5. The topological polar surface area (TPSA) is 30.9 Å². The van der Waals surface area contributed by atoms with Crippen LogP contribution in [-0.4, -0.2) is 32.6 Å². The van der Waals surface area contributed by atoms with Gasteiger partial charge >= 0.3 is 0 Å². The Morgan fingerprint density at radius 1 is 1.16 bits per heavy atom. The first-order chi connectivity index (χ1) is 12.1. The van der Waals surface area contributed by atoms with Crippen LogP contribution >= 0.6 is 0 Å². The van der Waals surface area contributed by atoms with Gasteiger partial charge in [-0.1, -0.05) is 42.0 Å². The Hall–Kier alpha value is -2.14. The number of hydrogen-bond acceptors (Lipinski definition) is 4. The molecule has 2 aromatic rings. The lowest BCUT2D eigenvalue weighted by molar-refractivity contribution is -0.271. The third kappa shape index (κ3) is 2.76. The highest BCUT2D eigenvalue weighted by molar-refractivity contribution is 5.52. The van der Waals surface area contributed by atoms with E-state index in [1.165, 1.54) is 11.1 Å². The Kier molecular flexibility index (Phi) is 4.95. The summed E-state index contributed by atoms with van der Waals surface area (Å²) >= 11 is 0. The lowest BCUT2D eigenvalue weighted by Crippen LogP contribution is -2.55. The van der Waals surface area contributed by atoms with Crippen molar-refractivity contribution in [3.8, 4) is 5.75 Å². The number of nitrogens with zero attached hydrogens (tertiary/aromatic N) is 1. The molecule has 0 bridgehead atoms. The van der Waals surface area contributed by atoms with Crippen molar-refractivity contribution in [3.63, 3.8) is 0 Å². The molecule has 3 rings (SSSR count). The second-order valence-electron chi connectivity index (χ2n) is 6.27. The highest BCUT2D eigenvalue weighted by atomic mass is 16.7. The van der Waals surface area contributed by atoms with Gasteiger partial charge in [0.1, 0.15) is 17.5 Å². The fraction of sp³-hybridized carbons (Fsp3) is 0.333. The molecule has 25 heavy (non-hydrogen) atoms. The summed E-state index contributed by atoms with van der Waals surface area (Å²) in [4.78, 5) is 5.82. The Morgan fingerprint density at radius 3 is 2.56 bits per heavy atom. The van der Waals surface area contributed by atoms with Crippen molar-refractivity contribution in [3.05, 3.63) is 77.4 Å². The summed E-state index contributed by atoms with van der Waals surface area (Å²) in [6.45, 7) is 6.25. The van der Waals surface area contributed by atoms with Gasteiger partial charge in [-0.05, 0) is 35.7 Å². The molecular weight excluding hydrogens is 314 g/mol. The van der Waals surface area contributed by atoms with E-state index in [1.54, 1.807) is 21.3 Å². The molecule has 0 aromatic heterocycles. The van der Waals surface area contributed by atoms with Crippen LogP contribution in [0.4, 0.5) is 0 Å². The van der Waals surface area contributed by atoms with E-state index in [2.05, 4.69) is 49.9 Å². The zero-order chi connectivity index (χ0) is 18.0. The van der Waals surface area contributed by atoms with E-state index in [-0.39, 0.29) is 6.23 Å². The van der Waals surface area contributed by atoms with Gasteiger partial charge in [0.25, 0.3) is 0 Å². The van der Waals surface area contributed by atoms with Crippen molar-refractivity contribution >= 4 is 0 Å². The molecule has 0 radical (unpaired) electrons. The first-order valence-electron chi connectivity index (χ1n) is 8.35.